The fourth-order valence-corrected chi connectivity index (χ4v) is 3.69. The molecule has 2 N–H and O–H groups in total. The van der Waals surface area contributed by atoms with E-state index in [9.17, 15) is 13.2 Å². The van der Waals surface area contributed by atoms with E-state index in [0.717, 1.165) is 43.3 Å². The summed E-state index contributed by atoms with van der Waals surface area (Å²) < 4.78 is 41.5. The van der Waals surface area contributed by atoms with Gasteiger partial charge in [0.15, 0.2) is 0 Å². The Hall–Kier alpha value is -2.32. The van der Waals surface area contributed by atoms with E-state index in [-0.39, 0.29) is 23.3 Å². The predicted octanol–water partition coefficient (Wildman–Crippen LogP) is 3.83. The summed E-state index contributed by atoms with van der Waals surface area (Å²) in [6.45, 7) is 4.11. The third kappa shape index (κ3) is 2.36. The van der Waals surface area contributed by atoms with E-state index in [0.29, 0.717) is 5.41 Å². The maximum Gasteiger partial charge on any atom is 0.421 e. The van der Waals surface area contributed by atoms with Crippen molar-refractivity contribution in [3.05, 3.63) is 23.7 Å². The van der Waals surface area contributed by atoms with Crippen LogP contribution in [0.1, 0.15) is 43.9 Å². The smallest absolute Gasteiger partial charge is 0.367 e. The van der Waals surface area contributed by atoms with E-state index in [1.807, 2.05) is 17.8 Å². The van der Waals surface area contributed by atoms with Crippen molar-refractivity contribution < 1.29 is 13.2 Å². The minimum atomic E-state index is -4.49. The number of hydrogen-bond acceptors (Lipinski definition) is 5. The average Bonchev–Trinajstić information content (AvgIpc) is 3.44. The van der Waals surface area contributed by atoms with Crippen LogP contribution >= 0.6 is 0 Å². The van der Waals surface area contributed by atoms with Crippen LogP contribution in [-0.2, 0) is 11.7 Å². The zero-order valence-corrected chi connectivity index (χ0v) is 14.5. The van der Waals surface area contributed by atoms with Gasteiger partial charge in [-0.05, 0) is 38.0 Å². The second kappa shape index (κ2) is 4.69. The highest BCUT2D eigenvalue weighted by molar-refractivity contribution is 5.59. The Morgan fingerprint density at radius 1 is 1.27 bits per heavy atom. The van der Waals surface area contributed by atoms with Crippen molar-refractivity contribution in [2.75, 3.05) is 10.6 Å². The summed E-state index contributed by atoms with van der Waals surface area (Å²) in [5.74, 6) is -0.0336. The number of halogens is 3. The fourth-order valence-electron chi connectivity index (χ4n) is 3.69. The van der Waals surface area contributed by atoms with Gasteiger partial charge in [-0.2, -0.15) is 23.3 Å². The predicted molar refractivity (Wildman–Crippen MR) is 89.2 cm³/mol. The van der Waals surface area contributed by atoms with Crippen LogP contribution in [0.4, 0.5) is 30.6 Å². The molecule has 3 saturated carbocycles. The first-order valence-electron chi connectivity index (χ1n) is 8.75. The highest BCUT2D eigenvalue weighted by Crippen LogP contribution is 2.83. The number of rotatable bonds is 5. The lowest BCUT2D eigenvalue weighted by Crippen LogP contribution is -2.15. The second-order valence-electron chi connectivity index (χ2n) is 8.02. The first-order valence-corrected chi connectivity index (χ1v) is 8.75. The minimum absolute atomic E-state index is 0.0600. The molecular weight excluding hydrogens is 345 g/mol. The molecule has 0 bridgehead atoms. The average molecular weight is 364 g/mol. The molecule has 0 aliphatic heterocycles. The largest absolute Gasteiger partial charge is 0.421 e. The first-order chi connectivity index (χ1) is 12.2. The van der Waals surface area contributed by atoms with Crippen LogP contribution in [0.3, 0.4) is 0 Å². The van der Waals surface area contributed by atoms with Gasteiger partial charge < -0.3 is 10.6 Å². The molecule has 3 aliphatic rings. The third-order valence-electron chi connectivity index (χ3n) is 5.83. The van der Waals surface area contributed by atoms with Crippen LogP contribution in [0.5, 0.6) is 0 Å². The van der Waals surface area contributed by atoms with Crippen LogP contribution in [-0.4, -0.2) is 25.8 Å². The summed E-state index contributed by atoms with van der Waals surface area (Å²) in [5.41, 5.74) is 1.18. The van der Waals surface area contributed by atoms with E-state index < -0.39 is 11.7 Å². The van der Waals surface area contributed by atoms with Gasteiger partial charge in [0.05, 0.1) is 16.9 Å². The first kappa shape index (κ1) is 15.9. The van der Waals surface area contributed by atoms with Gasteiger partial charge in [0.1, 0.15) is 11.4 Å². The zero-order valence-electron chi connectivity index (χ0n) is 14.5. The standard InChI is InChI=1S/C17H19F3N6/c1-9-12(6-26(25-9)16-7-15(16,2)8-16)23-14-21-5-11(17(18,19)20)13(24-14)22-10-3-4-10/h5-6,10H,3-4,7-8H2,1-2H3,(H2,21,22,23,24). The summed E-state index contributed by atoms with van der Waals surface area (Å²) in [6, 6.07) is 0.0600. The molecule has 0 saturated heterocycles. The molecule has 0 spiro atoms. The quantitative estimate of drug-likeness (QED) is 0.844. The normalized spacial score (nSPS) is 29.3. The van der Waals surface area contributed by atoms with Crippen molar-refractivity contribution in [2.24, 2.45) is 5.41 Å². The maximum atomic E-state index is 13.2. The molecule has 0 aromatic carbocycles. The summed E-state index contributed by atoms with van der Waals surface area (Å²) >= 11 is 0. The van der Waals surface area contributed by atoms with Crippen molar-refractivity contribution in [3.63, 3.8) is 0 Å². The summed E-state index contributed by atoms with van der Waals surface area (Å²) in [5, 5.41) is 10.4. The molecule has 0 amide bonds. The topological polar surface area (TPSA) is 67.7 Å². The number of anilines is 3. The molecule has 2 aromatic heterocycles. The highest BCUT2D eigenvalue weighted by Gasteiger charge is 2.82. The number of nitrogens with one attached hydrogen (secondary N) is 2. The Balaban J connectivity index is 1.42. The van der Waals surface area contributed by atoms with Crippen LogP contribution in [0, 0.1) is 12.3 Å². The van der Waals surface area contributed by atoms with Gasteiger partial charge in [-0.3, -0.25) is 4.68 Å². The van der Waals surface area contributed by atoms with E-state index in [1.54, 1.807) is 0 Å². The lowest BCUT2D eigenvalue weighted by Gasteiger charge is -2.14. The second-order valence-corrected chi connectivity index (χ2v) is 8.02. The highest BCUT2D eigenvalue weighted by atomic mass is 19.4. The molecule has 138 valence electrons. The number of nitrogens with zero attached hydrogens (tertiary/aromatic N) is 4. The number of aromatic nitrogens is 4. The van der Waals surface area contributed by atoms with Crippen molar-refractivity contribution in [1.82, 2.24) is 19.7 Å². The van der Waals surface area contributed by atoms with E-state index in [2.05, 4.69) is 32.6 Å². The Labute approximate surface area is 148 Å². The van der Waals surface area contributed by atoms with E-state index in [1.165, 1.54) is 0 Å². The Bertz CT molecular complexity index is 892. The van der Waals surface area contributed by atoms with E-state index in [4.69, 9.17) is 0 Å². The van der Waals surface area contributed by atoms with Gasteiger partial charge in [-0.15, -0.1) is 0 Å². The molecule has 0 radical (unpaired) electrons. The van der Waals surface area contributed by atoms with Crippen molar-refractivity contribution in [3.8, 4) is 0 Å². The molecule has 0 atom stereocenters. The number of aryl methyl sites for hydroxylation is 1. The Morgan fingerprint density at radius 3 is 2.54 bits per heavy atom. The number of hydrogen-bond donors (Lipinski definition) is 2. The van der Waals surface area contributed by atoms with Crippen LogP contribution in [0.2, 0.25) is 0 Å². The molecule has 2 heterocycles. The van der Waals surface area contributed by atoms with Crippen LogP contribution < -0.4 is 10.6 Å². The molecule has 0 unspecified atom stereocenters. The van der Waals surface area contributed by atoms with Gasteiger partial charge in [0.2, 0.25) is 5.95 Å². The molecule has 26 heavy (non-hydrogen) atoms. The summed E-state index contributed by atoms with van der Waals surface area (Å²) in [7, 11) is 0. The third-order valence-corrected chi connectivity index (χ3v) is 5.83. The van der Waals surface area contributed by atoms with Crippen molar-refractivity contribution >= 4 is 17.5 Å². The molecule has 3 fully saturated rings. The van der Waals surface area contributed by atoms with E-state index >= 15 is 0 Å². The minimum Gasteiger partial charge on any atom is -0.367 e. The molecular formula is C17H19F3N6. The van der Waals surface area contributed by atoms with Gasteiger partial charge >= 0.3 is 6.18 Å². The lowest BCUT2D eigenvalue weighted by atomic mass is 10.2. The Kier molecular flexibility index (Phi) is 2.87. The number of fused-ring (bicyclic) bond motifs is 1. The molecule has 3 aliphatic carbocycles. The maximum absolute atomic E-state index is 13.2. The summed E-state index contributed by atoms with van der Waals surface area (Å²) in [4.78, 5) is 7.94. The lowest BCUT2D eigenvalue weighted by molar-refractivity contribution is -0.137. The zero-order chi connectivity index (χ0) is 18.3. The number of alkyl halides is 3. The van der Waals surface area contributed by atoms with Gasteiger partial charge in [0.25, 0.3) is 0 Å². The Morgan fingerprint density at radius 2 is 1.96 bits per heavy atom. The van der Waals surface area contributed by atoms with Gasteiger partial charge in [-0.1, -0.05) is 6.92 Å². The van der Waals surface area contributed by atoms with Crippen LogP contribution in [0.25, 0.3) is 0 Å². The molecule has 2 aromatic rings. The molecule has 5 rings (SSSR count). The molecule has 6 nitrogen and oxygen atoms in total. The van der Waals surface area contributed by atoms with Gasteiger partial charge in [-0.25, -0.2) is 4.98 Å². The van der Waals surface area contributed by atoms with Gasteiger partial charge in [0, 0.05) is 18.4 Å². The SMILES string of the molecule is Cc1nn(C23CC2(C)C3)cc1Nc1ncc(C(F)(F)F)c(NC2CC2)n1. The van der Waals surface area contributed by atoms with Crippen LogP contribution in [0.15, 0.2) is 12.4 Å². The molecule has 9 heteroatoms. The summed E-state index contributed by atoms with van der Waals surface area (Å²) in [6.07, 6.45) is 2.23. The fraction of sp³-hybridized carbons (Fsp3) is 0.588. The van der Waals surface area contributed by atoms with Crippen molar-refractivity contribution in [1.29, 1.82) is 0 Å². The monoisotopic (exact) mass is 364 g/mol. The van der Waals surface area contributed by atoms with Crippen molar-refractivity contribution in [2.45, 2.75) is 57.3 Å².